The molecule has 3 rings (SSSR count). The number of ether oxygens (including phenoxy) is 2. The maximum Gasteiger partial charge on any atom is 0.326 e. The Labute approximate surface area is 202 Å². The van der Waals surface area contributed by atoms with Crippen LogP contribution in [0.25, 0.3) is 6.08 Å². The zero-order valence-electron chi connectivity index (χ0n) is 18.8. The predicted molar refractivity (Wildman–Crippen MR) is 125 cm³/mol. The number of nitro groups is 2. The molecule has 0 saturated carbocycles. The van der Waals surface area contributed by atoms with Crippen molar-refractivity contribution in [3.63, 3.8) is 0 Å². The van der Waals surface area contributed by atoms with Crippen LogP contribution in [0, 0.1) is 20.2 Å². The molecule has 0 aliphatic carbocycles. The summed E-state index contributed by atoms with van der Waals surface area (Å²) < 4.78 is 10.6. The van der Waals surface area contributed by atoms with Gasteiger partial charge in [-0.3, -0.25) is 39.5 Å². The molecular weight excluding hydrogens is 482 g/mol. The monoisotopic (exact) mass is 501 g/mol. The average Bonchev–Trinajstić information content (AvgIpc) is 3.01. The van der Waals surface area contributed by atoms with E-state index in [9.17, 15) is 34.6 Å². The second kappa shape index (κ2) is 9.93. The number of hydrogen-bond donors (Lipinski definition) is 0. The van der Waals surface area contributed by atoms with E-state index in [4.69, 9.17) is 9.47 Å². The van der Waals surface area contributed by atoms with Crippen LogP contribution in [0.5, 0.6) is 11.5 Å². The number of nitro benzene ring substituents is 2. The van der Waals surface area contributed by atoms with Gasteiger partial charge >= 0.3 is 11.7 Å². The number of benzene rings is 2. The van der Waals surface area contributed by atoms with E-state index < -0.39 is 50.5 Å². The molecule has 0 unspecified atom stereocenters. The molecule has 0 spiro atoms. The van der Waals surface area contributed by atoms with Crippen molar-refractivity contribution in [3.8, 4) is 11.5 Å². The molecule has 0 atom stereocenters. The van der Waals surface area contributed by atoms with Gasteiger partial charge in [0.2, 0.25) is 5.75 Å². The van der Waals surface area contributed by atoms with E-state index in [2.05, 4.69) is 0 Å². The minimum absolute atomic E-state index is 0.109. The van der Waals surface area contributed by atoms with E-state index in [1.54, 1.807) is 32.9 Å². The van der Waals surface area contributed by atoms with Crippen molar-refractivity contribution in [1.29, 1.82) is 0 Å². The minimum atomic E-state index is -0.788. The maximum absolute atomic E-state index is 12.6. The first-order chi connectivity index (χ1) is 16.3. The van der Waals surface area contributed by atoms with Crippen LogP contribution in [-0.4, -0.2) is 44.0 Å². The van der Waals surface area contributed by atoms with E-state index in [0.29, 0.717) is 17.3 Å². The van der Waals surface area contributed by atoms with Gasteiger partial charge in [-0.15, -0.1) is 0 Å². The first-order valence-electron chi connectivity index (χ1n) is 10.0. The Kier molecular flexibility index (Phi) is 7.20. The number of thioether (sulfide) groups is 1. The fraction of sp³-hybridized carbons (Fsp3) is 0.227. The summed E-state index contributed by atoms with van der Waals surface area (Å²) in [6, 6.07) is 9.07. The molecule has 2 aromatic carbocycles. The maximum atomic E-state index is 12.6. The van der Waals surface area contributed by atoms with Gasteiger partial charge < -0.3 is 9.47 Å². The van der Waals surface area contributed by atoms with Crippen LogP contribution in [-0.2, 0) is 14.3 Å². The highest BCUT2D eigenvalue weighted by molar-refractivity contribution is 8.18. The Bertz CT molecular complexity index is 1250. The van der Waals surface area contributed by atoms with Crippen molar-refractivity contribution in [2.24, 2.45) is 0 Å². The highest BCUT2D eigenvalue weighted by Crippen LogP contribution is 2.35. The second-order valence-corrected chi connectivity index (χ2v) is 9.18. The molecule has 1 fully saturated rings. The Morgan fingerprint density at radius 1 is 1.06 bits per heavy atom. The Morgan fingerprint density at radius 2 is 1.71 bits per heavy atom. The van der Waals surface area contributed by atoms with E-state index in [0.717, 1.165) is 23.1 Å². The lowest BCUT2D eigenvalue weighted by Gasteiger charge is -2.21. The third-order valence-corrected chi connectivity index (χ3v) is 5.24. The third-order valence-electron chi connectivity index (χ3n) is 4.34. The molecule has 35 heavy (non-hydrogen) atoms. The number of esters is 1. The molecular formula is C22H19N3O9S. The molecule has 13 heteroatoms. The van der Waals surface area contributed by atoms with Crippen LogP contribution >= 0.6 is 11.8 Å². The number of non-ortho nitro benzene ring substituents is 1. The highest BCUT2D eigenvalue weighted by Gasteiger charge is 2.37. The predicted octanol–water partition coefficient (Wildman–Crippen LogP) is 4.67. The molecule has 1 aliphatic rings. The van der Waals surface area contributed by atoms with Crippen molar-refractivity contribution in [3.05, 3.63) is 73.2 Å². The van der Waals surface area contributed by atoms with Crippen molar-refractivity contribution in [1.82, 2.24) is 4.90 Å². The lowest BCUT2D eigenvalue weighted by atomic mass is 10.2. The van der Waals surface area contributed by atoms with Crippen LogP contribution < -0.4 is 4.74 Å². The summed E-state index contributed by atoms with van der Waals surface area (Å²) in [6.07, 6.45) is 1.46. The van der Waals surface area contributed by atoms with Gasteiger partial charge in [0.1, 0.15) is 17.9 Å². The second-order valence-electron chi connectivity index (χ2n) is 8.19. The number of amides is 2. The molecule has 1 aliphatic heterocycles. The number of hydrogen-bond acceptors (Lipinski definition) is 10. The van der Waals surface area contributed by atoms with E-state index in [1.165, 1.54) is 18.2 Å². The zero-order chi connectivity index (χ0) is 25.9. The fourth-order valence-corrected chi connectivity index (χ4v) is 3.74. The molecule has 0 aromatic heterocycles. The van der Waals surface area contributed by atoms with Gasteiger partial charge in [0.25, 0.3) is 16.8 Å². The molecule has 12 nitrogen and oxygen atoms in total. The zero-order valence-corrected chi connectivity index (χ0v) is 19.6. The Morgan fingerprint density at radius 3 is 2.29 bits per heavy atom. The van der Waals surface area contributed by atoms with Crippen LogP contribution in [0.3, 0.4) is 0 Å². The van der Waals surface area contributed by atoms with Gasteiger partial charge in [-0.05, 0) is 62.4 Å². The van der Waals surface area contributed by atoms with Gasteiger partial charge in [-0.2, -0.15) is 0 Å². The number of carbonyl (C=O) groups is 3. The van der Waals surface area contributed by atoms with Gasteiger partial charge in [0.15, 0.2) is 0 Å². The summed E-state index contributed by atoms with van der Waals surface area (Å²) in [7, 11) is 0. The smallest absolute Gasteiger partial charge is 0.326 e. The summed E-state index contributed by atoms with van der Waals surface area (Å²) in [5.74, 6) is -1.32. The standard InChI is InChI=1S/C22H19N3O9S/c1-22(2,3)34-19(26)12-23-20(27)18(35-21(23)28)10-13-4-7-15(8-5-13)33-17-9-6-14(24(29)30)11-16(17)25(31)32/h4-11H,12H2,1-3H3. The van der Waals surface area contributed by atoms with Crippen molar-refractivity contribution in [2.45, 2.75) is 26.4 Å². The number of rotatable bonds is 7. The van der Waals surface area contributed by atoms with E-state index in [1.807, 2.05) is 0 Å². The summed E-state index contributed by atoms with van der Waals surface area (Å²) in [5, 5.41) is 21.5. The van der Waals surface area contributed by atoms with Crippen LogP contribution in [0.15, 0.2) is 47.4 Å². The molecule has 0 bridgehead atoms. The molecule has 2 amide bonds. The molecule has 1 heterocycles. The summed E-state index contributed by atoms with van der Waals surface area (Å²) >= 11 is 0.682. The SMILES string of the molecule is CC(C)(C)OC(=O)CN1C(=O)SC(=Cc2ccc(Oc3ccc([N+](=O)[O-])cc3[N+](=O)[O-])cc2)C1=O. The summed E-state index contributed by atoms with van der Waals surface area (Å²) in [6.45, 7) is 4.52. The van der Waals surface area contributed by atoms with Crippen molar-refractivity contribution in [2.75, 3.05) is 6.54 Å². The summed E-state index contributed by atoms with van der Waals surface area (Å²) in [4.78, 5) is 58.3. The molecule has 0 N–H and O–H groups in total. The fourth-order valence-electron chi connectivity index (χ4n) is 2.90. The number of imide groups is 1. The quantitative estimate of drug-likeness (QED) is 0.226. The molecule has 182 valence electrons. The van der Waals surface area contributed by atoms with Gasteiger partial charge in [-0.1, -0.05) is 12.1 Å². The minimum Gasteiger partial charge on any atom is -0.459 e. The van der Waals surface area contributed by atoms with Crippen molar-refractivity contribution < 1.29 is 33.7 Å². The number of carbonyl (C=O) groups excluding carboxylic acids is 3. The first-order valence-corrected chi connectivity index (χ1v) is 10.8. The third kappa shape index (κ3) is 6.41. The normalized spacial score (nSPS) is 14.8. The number of nitrogens with zero attached hydrogens (tertiary/aromatic N) is 3. The Hall–Kier alpha value is -4.26. The van der Waals surface area contributed by atoms with Gasteiger partial charge in [-0.25, -0.2) is 0 Å². The van der Waals surface area contributed by atoms with Crippen LogP contribution in [0.2, 0.25) is 0 Å². The average molecular weight is 501 g/mol. The van der Waals surface area contributed by atoms with Gasteiger partial charge in [0, 0.05) is 6.07 Å². The van der Waals surface area contributed by atoms with E-state index in [-0.39, 0.29) is 16.4 Å². The van der Waals surface area contributed by atoms with Crippen LogP contribution in [0.4, 0.5) is 16.2 Å². The van der Waals surface area contributed by atoms with Gasteiger partial charge in [0.05, 0.1) is 20.8 Å². The molecule has 1 saturated heterocycles. The van der Waals surface area contributed by atoms with Crippen molar-refractivity contribution >= 4 is 46.3 Å². The Balaban J connectivity index is 1.73. The van der Waals surface area contributed by atoms with E-state index >= 15 is 0 Å². The lowest BCUT2D eigenvalue weighted by Crippen LogP contribution is -2.37. The summed E-state index contributed by atoms with van der Waals surface area (Å²) in [5.41, 5.74) is -1.24. The van der Waals surface area contributed by atoms with Crippen LogP contribution in [0.1, 0.15) is 26.3 Å². The highest BCUT2D eigenvalue weighted by atomic mass is 32.2. The largest absolute Gasteiger partial charge is 0.459 e. The first kappa shape index (κ1) is 25.4. The molecule has 0 radical (unpaired) electrons. The molecule has 2 aromatic rings. The lowest BCUT2D eigenvalue weighted by molar-refractivity contribution is -0.394. The topological polar surface area (TPSA) is 159 Å².